The maximum atomic E-state index is 14.6. The molecule has 0 aliphatic carbocycles. The summed E-state index contributed by atoms with van der Waals surface area (Å²) in [5, 5.41) is 1.02. The van der Waals surface area contributed by atoms with Crippen molar-refractivity contribution in [2.75, 3.05) is 20.8 Å². The van der Waals surface area contributed by atoms with Crippen LogP contribution >= 0.6 is 73.1 Å². The first-order valence-electron chi connectivity index (χ1n) is 15.2. The smallest absolute Gasteiger partial charge is 0.338 e. The summed E-state index contributed by atoms with van der Waals surface area (Å²) in [7, 11) is 3.08. The Hall–Kier alpha value is -3.62. The summed E-state index contributed by atoms with van der Waals surface area (Å²) >= 11 is 19.5. The molecule has 256 valence electrons. The van der Waals surface area contributed by atoms with Crippen LogP contribution in [-0.2, 0) is 16.1 Å². The van der Waals surface area contributed by atoms with Crippen LogP contribution in [0.4, 0.5) is 0 Å². The predicted molar refractivity (Wildman–Crippen MR) is 208 cm³/mol. The van der Waals surface area contributed by atoms with Gasteiger partial charge in [-0.25, -0.2) is 9.79 Å². The van der Waals surface area contributed by atoms with Crippen molar-refractivity contribution in [1.29, 1.82) is 0 Å². The lowest BCUT2D eigenvalue weighted by atomic mass is 9.93. The number of hydrogen-bond donors (Lipinski definition) is 0. The number of methoxy groups -OCH3 is 2. The van der Waals surface area contributed by atoms with Crippen LogP contribution in [-0.4, -0.2) is 31.4 Å². The van der Waals surface area contributed by atoms with Crippen molar-refractivity contribution in [3.8, 4) is 17.2 Å². The Morgan fingerprint density at radius 3 is 2.48 bits per heavy atom. The van der Waals surface area contributed by atoms with Crippen LogP contribution in [0.25, 0.3) is 11.8 Å². The largest absolute Gasteiger partial charge is 0.493 e. The van der Waals surface area contributed by atoms with Gasteiger partial charge >= 0.3 is 5.97 Å². The van der Waals surface area contributed by atoms with E-state index >= 15 is 0 Å². The van der Waals surface area contributed by atoms with Crippen LogP contribution in [0.1, 0.15) is 35.2 Å². The number of nitrogens with zero attached hydrogens (tertiary/aromatic N) is 2. The van der Waals surface area contributed by atoms with Gasteiger partial charge in [0, 0.05) is 31.2 Å². The molecule has 50 heavy (non-hydrogen) atoms. The van der Waals surface area contributed by atoms with Crippen molar-refractivity contribution >= 4 is 90.8 Å². The first kappa shape index (κ1) is 36.2. The SMILES string of the molecule is CCOC(=O)C1=C(c2ccccc2)N=c2s/c(=C\c3cc(Br)cc(I)c3OCc3ccc(Cl)cc3Cl)c(=O)n2[C@@H]1c1ccc(OC)c(OC)c1. The number of benzene rings is 4. The quantitative estimate of drug-likeness (QED) is 0.104. The zero-order chi connectivity index (χ0) is 35.5. The second-order valence-electron chi connectivity index (χ2n) is 10.9. The fourth-order valence-corrected chi connectivity index (χ4v) is 8.71. The van der Waals surface area contributed by atoms with Gasteiger partial charge in [0.15, 0.2) is 16.3 Å². The van der Waals surface area contributed by atoms with Gasteiger partial charge in [0.2, 0.25) is 0 Å². The van der Waals surface area contributed by atoms with E-state index < -0.39 is 12.0 Å². The van der Waals surface area contributed by atoms with Crippen molar-refractivity contribution in [2.45, 2.75) is 19.6 Å². The van der Waals surface area contributed by atoms with Crippen LogP contribution in [0.5, 0.6) is 17.2 Å². The molecule has 0 spiro atoms. The van der Waals surface area contributed by atoms with Crippen LogP contribution in [0, 0.1) is 3.57 Å². The number of hydrogen-bond acceptors (Lipinski definition) is 8. The highest BCUT2D eigenvalue weighted by atomic mass is 127. The second kappa shape index (κ2) is 15.7. The molecule has 0 N–H and O–H groups in total. The fourth-order valence-electron chi connectivity index (χ4n) is 5.55. The molecule has 1 atom stereocenters. The van der Waals surface area contributed by atoms with E-state index in [4.69, 9.17) is 47.1 Å². The third-order valence-corrected chi connectivity index (χ3v) is 10.6. The van der Waals surface area contributed by atoms with Gasteiger partial charge in [0.25, 0.3) is 5.56 Å². The highest BCUT2D eigenvalue weighted by molar-refractivity contribution is 14.1. The van der Waals surface area contributed by atoms with Crippen molar-refractivity contribution in [1.82, 2.24) is 4.57 Å². The summed E-state index contributed by atoms with van der Waals surface area (Å²) in [6.45, 7) is 2.05. The van der Waals surface area contributed by atoms with E-state index in [1.54, 1.807) is 50.4 Å². The average Bonchev–Trinajstić information content (AvgIpc) is 3.41. The lowest BCUT2D eigenvalue weighted by Crippen LogP contribution is -2.40. The predicted octanol–water partition coefficient (Wildman–Crippen LogP) is 8.21. The van der Waals surface area contributed by atoms with Crippen molar-refractivity contribution in [2.24, 2.45) is 4.99 Å². The number of halogens is 4. The summed E-state index contributed by atoms with van der Waals surface area (Å²) in [6, 6.07) is 22.8. The number of aromatic nitrogens is 1. The topological polar surface area (TPSA) is 88.4 Å². The van der Waals surface area contributed by atoms with E-state index in [1.165, 1.54) is 23.0 Å². The zero-order valence-electron chi connectivity index (χ0n) is 26.8. The normalized spacial score (nSPS) is 14.2. The first-order valence-corrected chi connectivity index (χ1v) is 18.6. The molecule has 5 aromatic rings. The fraction of sp³-hybridized carbons (Fsp3) is 0.162. The van der Waals surface area contributed by atoms with Gasteiger partial charge in [-0.3, -0.25) is 9.36 Å². The number of rotatable bonds is 10. The maximum Gasteiger partial charge on any atom is 0.338 e. The van der Waals surface area contributed by atoms with Crippen LogP contribution < -0.4 is 29.1 Å². The Morgan fingerprint density at radius 1 is 1.02 bits per heavy atom. The minimum atomic E-state index is -0.895. The molecular formula is C37H28BrCl2IN2O6S. The van der Waals surface area contributed by atoms with Crippen molar-refractivity contribution < 1.29 is 23.7 Å². The van der Waals surface area contributed by atoms with Crippen LogP contribution in [0.15, 0.2) is 98.7 Å². The molecule has 0 saturated heterocycles. The molecule has 6 rings (SSSR count). The van der Waals surface area contributed by atoms with E-state index in [0.29, 0.717) is 59.0 Å². The van der Waals surface area contributed by atoms with Crippen molar-refractivity contribution in [3.05, 3.63) is 144 Å². The second-order valence-corrected chi connectivity index (χ2v) is 14.8. The molecular weight excluding hydrogens is 878 g/mol. The van der Waals surface area contributed by atoms with Gasteiger partial charge < -0.3 is 18.9 Å². The lowest BCUT2D eigenvalue weighted by molar-refractivity contribution is -0.138. The molecule has 0 saturated carbocycles. The van der Waals surface area contributed by atoms with E-state index in [0.717, 1.165) is 13.6 Å². The van der Waals surface area contributed by atoms with Gasteiger partial charge in [-0.1, -0.05) is 92.9 Å². The average molecular weight is 906 g/mol. The number of ether oxygens (including phenoxy) is 4. The van der Waals surface area contributed by atoms with Crippen LogP contribution in [0.2, 0.25) is 10.0 Å². The summed E-state index contributed by atoms with van der Waals surface area (Å²) in [5.41, 5.74) is 3.04. The summed E-state index contributed by atoms with van der Waals surface area (Å²) in [6.07, 6.45) is 1.78. The highest BCUT2D eigenvalue weighted by Gasteiger charge is 2.35. The minimum Gasteiger partial charge on any atom is -0.493 e. The number of esters is 1. The van der Waals surface area contributed by atoms with Gasteiger partial charge in [-0.05, 0) is 77.6 Å². The van der Waals surface area contributed by atoms with E-state index in [9.17, 15) is 9.59 Å². The minimum absolute atomic E-state index is 0.138. The third kappa shape index (κ3) is 7.38. The standard InChI is InChI=1S/C37H28BrCl2IN2O6S/c1-4-48-36(45)31-32(20-8-6-5-7-9-20)42-37-43(33(31)21-11-13-28(46-2)29(15-21)47-3)35(44)30(50-37)16-23-14-24(38)17-27(41)34(23)49-19-22-10-12-25(39)18-26(22)40/h5-18,33H,4,19H2,1-3H3/b30-16-/t33-/m1/s1. The summed E-state index contributed by atoms with van der Waals surface area (Å²) in [4.78, 5) is 33.8. The van der Waals surface area contributed by atoms with E-state index in [1.807, 2.05) is 48.5 Å². The summed E-state index contributed by atoms with van der Waals surface area (Å²) in [5.74, 6) is 0.937. The lowest BCUT2D eigenvalue weighted by Gasteiger charge is -2.26. The first-order chi connectivity index (χ1) is 24.1. The molecule has 1 aliphatic heterocycles. The number of carbonyl (C=O) groups is 1. The summed E-state index contributed by atoms with van der Waals surface area (Å²) < 4.78 is 26.6. The van der Waals surface area contributed by atoms with E-state index in [2.05, 4.69) is 38.5 Å². The number of thiazole rings is 1. The molecule has 0 fully saturated rings. The molecule has 1 aromatic heterocycles. The Morgan fingerprint density at radius 2 is 1.78 bits per heavy atom. The van der Waals surface area contributed by atoms with Gasteiger partial charge in [-0.15, -0.1) is 0 Å². The highest BCUT2D eigenvalue weighted by Crippen LogP contribution is 2.39. The molecule has 0 amide bonds. The molecule has 2 heterocycles. The Balaban J connectivity index is 1.58. The Kier molecular flexibility index (Phi) is 11.4. The van der Waals surface area contributed by atoms with Gasteiger partial charge in [-0.2, -0.15) is 0 Å². The number of fused-ring (bicyclic) bond motifs is 1. The maximum absolute atomic E-state index is 14.6. The Bertz CT molecular complexity index is 2330. The third-order valence-electron chi connectivity index (χ3n) is 7.81. The monoisotopic (exact) mass is 904 g/mol. The molecule has 1 aliphatic rings. The van der Waals surface area contributed by atoms with Crippen molar-refractivity contribution in [3.63, 3.8) is 0 Å². The van der Waals surface area contributed by atoms with E-state index in [-0.39, 0.29) is 24.3 Å². The molecule has 13 heteroatoms. The molecule has 0 unspecified atom stereocenters. The molecule has 0 radical (unpaired) electrons. The van der Waals surface area contributed by atoms with Gasteiger partial charge in [0.1, 0.15) is 12.4 Å². The number of carbonyl (C=O) groups excluding carboxylic acids is 1. The molecule has 8 nitrogen and oxygen atoms in total. The van der Waals surface area contributed by atoms with Gasteiger partial charge in [0.05, 0.1) is 46.2 Å². The molecule has 0 bridgehead atoms. The Labute approximate surface area is 323 Å². The zero-order valence-corrected chi connectivity index (χ0v) is 32.9. The van der Waals surface area contributed by atoms with Crippen LogP contribution in [0.3, 0.4) is 0 Å². The molecule has 4 aromatic carbocycles.